The summed E-state index contributed by atoms with van der Waals surface area (Å²) in [7, 11) is 0. The van der Waals surface area contributed by atoms with Crippen molar-refractivity contribution in [1.29, 1.82) is 0 Å². The van der Waals surface area contributed by atoms with Crippen LogP contribution in [0.25, 0.3) is 22.6 Å². The zero-order valence-electron chi connectivity index (χ0n) is 12.4. The molecule has 2 aromatic carbocycles. The highest BCUT2D eigenvalue weighted by atomic mass is 16.3. The summed E-state index contributed by atoms with van der Waals surface area (Å²) in [6.07, 6.45) is 4.13. The Bertz CT molecular complexity index is 820. The van der Waals surface area contributed by atoms with E-state index < -0.39 is 0 Å². The van der Waals surface area contributed by atoms with Gasteiger partial charge in [0, 0.05) is 16.5 Å². The maximum atomic E-state index is 6.15. The fourth-order valence-corrected chi connectivity index (χ4v) is 2.61. The molecule has 0 amide bonds. The molecule has 104 valence electrons. The van der Waals surface area contributed by atoms with Crippen molar-refractivity contribution in [3.05, 3.63) is 83.6 Å². The number of benzene rings is 2. The normalized spacial score (nSPS) is 11.3. The molecule has 0 N–H and O–H groups in total. The Hall–Kier alpha value is -2.54. The Kier molecular flexibility index (Phi) is 3.49. The molecular formula is C20H18O. The predicted molar refractivity (Wildman–Crippen MR) is 90.2 cm³/mol. The second-order valence-electron chi connectivity index (χ2n) is 5.14. The molecule has 0 saturated heterocycles. The van der Waals surface area contributed by atoms with Crippen LogP contribution in [0, 0.1) is 6.92 Å². The van der Waals surface area contributed by atoms with Crippen LogP contribution in [0.3, 0.4) is 0 Å². The average molecular weight is 274 g/mol. The second kappa shape index (κ2) is 5.45. The Morgan fingerprint density at radius 3 is 2.52 bits per heavy atom. The zero-order valence-corrected chi connectivity index (χ0v) is 12.4. The number of fused-ring (bicyclic) bond motifs is 1. The Labute approximate surface area is 125 Å². The van der Waals surface area contributed by atoms with Gasteiger partial charge in [0.05, 0.1) is 0 Å². The van der Waals surface area contributed by atoms with Crippen molar-refractivity contribution >= 4 is 22.6 Å². The summed E-state index contributed by atoms with van der Waals surface area (Å²) in [5.74, 6) is 0.851. The van der Waals surface area contributed by atoms with Crippen molar-refractivity contribution in [2.75, 3.05) is 0 Å². The lowest BCUT2D eigenvalue weighted by atomic mass is 10.00. The molecule has 1 aromatic heterocycles. The summed E-state index contributed by atoms with van der Waals surface area (Å²) in [4.78, 5) is 0. The Balaban J connectivity index is 2.25. The van der Waals surface area contributed by atoms with E-state index in [1.165, 1.54) is 0 Å². The molecular weight excluding hydrogens is 256 g/mol. The third kappa shape index (κ3) is 2.31. The molecule has 3 rings (SSSR count). The van der Waals surface area contributed by atoms with Gasteiger partial charge in [-0.3, -0.25) is 0 Å². The van der Waals surface area contributed by atoms with E-state index in [-0.39, 0.29) is 0 Å². The molecule has 0 fully saturated rings. The number of hydrogen-bond acceptors (Lipinski definition) is 1. The number of hydrogen-bond donors (Lipinski definition) is 0. The molecule has 0 atom stereocenters. The molecule has 0 bridgehead atoms. The van der Waals surface area contributed by atoms with Crippen LogP contribution in [-0.2, 0) is 0 Å². The van der Waals surface area contributed by atoms with Crippen molar-refractivity contribution in [1.82, 2.24) is 0 Å². The molecule has 0 saturated carbocycles. The van der Waals surface area contributed by atoms with E-state index in [1.54, 1.807) is 0 Å². The van der Waals surface area contributed by atoms with E-state index >= 15 is 0 Å². The maximum Gasteiger partial charge on any atom is 0.142 e. The number of allylic oxidation sites excluding steroid dienone is 1. The van der Waals surface area contributed by atoms with Gasteiger partial charge < -0.3 is 4.42 Å². The van der Waals surface area contributed by atoms with Gasteiger partial charge in [-0.15, -0.1) is 0 Å². The summed E-state index contributed by atoms with van der Waals surface area (Å²) in [6, 6.07) is 16.4. The standard InChI is InChI=1S/C20H18O/c1-4-9-17-18-13-8-10-14(2)19(18)21-20(17)15(3)16-11-6-5-7-12-16/h4-13H,3H2,1-2H3/b9-4-. The summed E-state index contributed by atoms with van der Waals surface area (Å²) >= 11 is 0. The average Bonchev–Trinajstić information content (AvgIpc) is 2.88. The van der Waals surface area contributed by atoms with Crippen LogP contribution >= 0.6 is 0 Å². The number of furan rings is 1. The third-order valence-corrected chi connectivity index (χ3v) is 3.68. The van der Waals surface area contributed by atoms with Crippen molar-refractivity contribution < 1.29 is 4.42 Å². The van der Waals surface area contributed by atoms with Crippen LogP contribution in [0.1, 0.15) is 29.4 Å². The minimum absolute atomic E-state index is 0.851. The molecule has 1 heteroatoms. The van der Waals surface area contributed by atoms with Gasteiger partial charge in [0.2, 0.25) is 0 Å². The fourth-order valence-electron chi connectivity index (χ4n) is 2.61. The first-order valence-corrected chi connectivity index (χ1v) is 7.12. The quantitative estimate of drug-likeness (QED) is 0.585. The van der Waals surface area contributed by atoms with Crippen LogP contribution < -0.4 is 0 Å². The van der Waals surface area contributed by atoms with Crippen molar-refractivity contribution in [2.45, 2.75) is 13.8 Å². The van der Waals surface area contributed by atoms with E-state index in [0.717, 1.165) is 39.0 Å². The van der Waals surface area contributed by atoms with Crippen LogP contribution in [0.15, 0.2) is 65.6 Å². The molecule has 1 nitrogen and oxygen atoms in total. The van der Waals surface area contributed by atoms with Gasteiger partial charge in [-0.05, 0) is 25.0 Å². The Morgan fingerprint density at radius 2 is 1.81 bits per heavy atom. The Morgan fingerprint density at radius 1 is 1.05 bits per heavy atom. The molecule has 0 aliphatic heterocycles. The van der Waals surface area contributed by atoms with Gasteiger partial charge in [-0.2, -0.15) is 0 Å². The molecule has 0 spiro atoms. The first kappa shape index (κ1) is 13.4. The van der Waals surface area contributed by atoms with Gasteiger partial charge >= 0.3 is 0 Å². The predicted octanol–water partition coefficient (Wildman–Crippen LogP) is 5.84. The second-order valence-corrected chi connectivity index (χ2v) is 5.14. The molecule has 3 aromatic rings. The maximum absolute atomic E-state index is 6.15. The topological polar surface area (TPSA) is 13.1 Å². The SMILES string of the molecule is C=C(c1ccccc1)c1oc2c(C)cccc2c1/C=C\C. The van der Waals surface area contributed by atoms with Crippen LogP contribution in [0.2, 0.25) is 0 Å². The molecule has 0 unspecified atom stereocenters. The molecule has 0 radical (unpaired) electrons. The van der Waals surface area contributed by atoms with Gasteiger partial charge in [-0.25, -0.2) is 0 Å². The van der Waals surface area contributed by atoms with Gasteiger partial charge in [0.1, 0.15) is 11.3 Å². The zero-order chi connectivity index (χ0) is 14.8. The van der Waals surface area contributed by atoms with Crippen molar-refractivity contribution in [3.8, 4) is 0 Å². The van der Waals surface area contributed by atoms with E-state index in [4.69, 9.17) is 4.42 Å². The van der Waals surface area contributed by atoms with E-state index in [0.29, 0.717) is 0 Å². The first-order chi connectivity index (χ1) is 10.2. The summed E-state index contributed by atoms with van der Waals surface area (Å²) in [5.41, 5.74) is 5.19. The third-order valence-electron chi connectivity index (χ3n) is 3.68. The molecule has 1 heterocycles. The highest BCUT2D eigenvalue weighted by molar-refractivity contribution is 5.96. The first-order valence-electron chi connectivity index (χ1n) is 7.12. The highest BCUT2D eigenvalue weighted by Crippen LogP contribution is 2.35. The number of aryl methyl sites for hydroxylation is 1. The fraction of sp³-hybridized carbons (Fsp3) is 0.100. The van der Waals surface area contributed by atoms with Gasteiger partial charge in [-0.1, -0.05) is 67.3 Å². The minimum Gasteiger partial charge on any atom is -0.455 e. The summed E-state index contributed by atoms with van der Waals surface area (Å²) in [6.45, 7) is 8.32. The number of para-hydroxylation sites is 1. The monoisotopic (exact) mass is 274 g/mol. The van der Waals surface area contributed by atoms with Gasteiger partial charge in [0.15, 0.2) is 0 Å². The van der Waals surface area contributed by atoms with Gasteiger partial charge in [0.25, 0.3) is 0 Å². The van der Waals surface area contributed by atoms with E-state index in [9.17, 15) is 0 Å². The summed E-state index contributed by atoms with van der Waals surface area (Å²) in [5, 5.41) is 1.14. The van der Waals surface area contributed by atoms with Crippen molar-refractivity contribution in [3.63, 3.8) is 0 Å². The summed E-state index contributed by atoms with van der Waals surface area (Å²) < 4.78 is 6.15. The number of rotatable bonds is 3. The lowest BCUT2D eigenvalue weighted by Gasteiger charge is -2.04. The lowest BCUT2D eigenvalue weighted by molar-refractivity contribution is 0.597. The van der Waals surface area contributed by atoms with Crippen molar-refractivity contribution in [2.24, 2.45) is 0 Å². The van der Waals surface area contributed by atoms with E-state index in [2.05, 4.69) is 49.9 Å². The molecule has 0 aliphatic rings. The molecule has 0 aliphatic carbocycles. The van der Waals surface area contributed by atoms with E-state index in [1.807, 2.05) is 31.2 Å². The van der Waals surface area contributed by atoms with Crippen LogP contribution in [0.5, 0.6) is 0 Å². The van der Waals surface area contributed by atoms with Crippen LogP contribution in [0.4, 0.5) is 0 Å². The minimum atomic E-state index is 0.851. The smallest absolute Gasteiger partial charge is 0.142 e. The molecule has 21 heavy (non-hydrogen) atoms. The van der Waals surface area contributed by atoms with Crippen LogP contribution in [-0.4, -0.2) is 0 Å². The highest BCUT2D eigenvalue weighted by Gasteiger charge is 2.16. The lowest BCUT2D eigenvalue weighted by Crippen LogP contribution is -1.85. The largest absolute Gasteiger partial charge is 0.455 e.